The molecule has 0 spiro atoms. The highest BCUT2D eigenvalue weighted by Gasteiger charge is 2.30. The maximum atomic E-state index is 14.6. The van der Waals surface area contributed by atoms with E-state index >= 15 is 0 Å². The van der Waals surface area contributed by atoms with Gasteiger partial charge in [-0.1, -0.05) is 116 Å². The van der Waals surface area contributed by atoms with Crippen LogP contribution in [0, 0.1) is 117 Å². The van der Waals surface area contributed by atoms with Crippen molar-refractivity contribution in [3.05, 3.63) is 237 Å². The van der Waals surface area contributed by atoms with Gasteiger partial charge in [-0.25, -0.2) is 70.2 Å². The Bertz CT molecular complexity index is 3960. The Morgan fingerprint density at radius 2 is 0.441 bits per heavy atom. The molecule has 0 N–H and O–H groups in total. The van der Waals surface area contributed by atoms with Crippen molar-refractivity contribution in [2.75, 3.05) is 0 Å². The Morgan fingerprint density at radius 3 is 0.657 bits per heavy atom. The lowest BCUT2D eigenvalue weighted by Gasteiger charge is -2.29. The molecule has 0 saturated heterocycles. The zero-order valence-corrected chi connectivity index (χ0v) is 58.6. The zero-order valence-electron chi connectivity index (χ0n) is 58.6. The molecule has 0 nitrogen and oxygen atoms in total. The summed E-state index contributed by atoms with van der Waals surface area (Å²) in [6.07, 6.45) is 28.4. The molecule has 548 valence electrons. The van der Waals surface area contributed by atoms with Gasteiger partial charge in [0.2, 0.25) is 0 Å². The first-order chi connectivity index (χ1) is 49.0. The van der Waals surface area contributed by atoms with Crippen LogP contribution in [0.4, 0.5) is 70.2 Å². The molecule has 4 fully saturated rings. The van der Waals surface area contributed by atoms with Gasteiger partial charge < -0.3 is 0 Å². The highest BCUT2D eigenvalue weighted by atomic mass is 19.2. The lowest BCUT2D eigenvalue weighted by molar-refractivity contribution is 0.302. The molecule has 0 heterocycles. The molecule has 0 bridgehead atoms. The van der Waals surface area contributed by atoms with E-state index < -0.39 is 93.1 Å². The van der Waals surface area contributed by atoms with Gasteiger partial charge in [0, 0.05) is 0 Å². The van der Waals surface area contributed by atoms with E-state index in [0.717, 1.165) is 175 Å². The van der Waals surface area contributed by atoms with E-state index in [0.29, 0.717) is 28.2 Å². The van der Waals surface area contributed by atoms with Gasteiger partial charge >= 0.3 is 0 Å². The Labute approximate surface area is 590 Å². The first-order valence-corrected chi connectivity index (χ1v) is 36.7. The SMILES string of the molecule is CCC1CCC(c2cc(F)c(-c3ccc(F)c(F)c3)c(F)c2)CC1.CCCC1CCC(c2cc(F)c(-c3ccc(F)c(F)c3)c(F)c2)CC1.CCCCC1CCC(c2cc(F)c(-c3ccc(F)c(F)c3)c(F)c2)CC1.CCCCCC1CCC(c2cc(F)c(-c3ccc(F)c(F)c3)c(F)c2)CC1. The maximum absolute atomic E-state index is 14.6. The van der Waals surface area contributed by atoms with E-state index in [1.54, 1.807) is 0 Å². The molecule has 8 aromatic rings. The molecule has 0 radical (unpaired) electrons. The van der Waals surface area contributed by atoms with Crippen LogP contribution < -0.4 is 0 Å². The monoisotopic (exact) mass is 1430 g/mol. The molecule has 0 unspecified atom stereocenters. The fourth-order valence-corrected chi connectivity index (χ4v) is 15.9. The standard InChI is InChI=1S/C23H26F4.C22H24F4.C21H22F4.C20H20F4/c1-2-3-4-5-15-6-8-16(9-7-15)18-13-21(26)23(22(27)14-18)17-10-11-19(24)20(25)12-17;1-2-3-4-14-5-7-15(8-6-14)17-12-20(25)22(21(26)13-17)16-9-10-18(23)19(24)11-16;1-2-3-13-4-6-14(7-5-13)16-11-19(24)21(20(25)12-16)15-8-9-17(22)18(23)10-15;1-2-12-3-5-13(6-4-12)15-10-18(23)20(19(24)11-15)14-7-8-16(21)17(22)9-14/h10-16H,2-9H2,1H3;9-15H,2-8H2,1H3;8-14H,2-7H2,1H3;7-13H,2-6H2,1H3. The smallest absolute Gasteiger partial charge is 0.159 e. The van der Waals surface area contributed by atoms with Crippen molar-refractivity contribution in [1.29, 1.82) is 0 Å². The molecule has 0 atom stereocenters. The van der Waals surface area contributed by atoms with E-state index in [2.05, 4.69) is 27.7 Å². The van der Waals surface area contributed by atoms with Gasteiger partial charge in [0.1, 0.15) is 46.5 Å². The van der Waals surface area contributed by atoms with Gasteiger partial charge in [-0.3, -0.25) is 0 Å². The lowest BCUT2D eigenvalue weighted by atomic mass is 9.77. The predicted molar refractivity (Wildman–Crippen MR) is 375 cm³/mol. The first kappa shape index (κ1) is 78.8. The van der Waals surface area contributed by atoms with Crippen molar-refractivity contribution < 1.29 is 70.2 Å². The van der Waals surface area contributed by atoms with Crippen molar-refractivity contribution in [2.24, 2.45) is 23.7 Å². The largest absolute Gasteiger partial charge is 0.206 e. The van der Waals surface area contributed by atoms with Crippen LogP contribution in [-0.4, -0.2) is 0 Å². The highest BCUT2D eigenvalue weighted by molar-refractivity contribution is 5.68. The van der Waals surface area contributed by atoms with Crippen LogP contribution in [0.25, 0.3) is 44.5 Å². The topological polar surface area (TPSA) is 0 Å². The average Bonchev–Trinajstić information content (AvgIpc) is 0.812. The van der Waals surface area contributed by atoms with E-state index in [1.165, 1.54) is 131 Å². The van der Waals surface area contributed by atoms with Crippen molar-refractivity contribution in [2.45, 2.75) is 218 Å². The second-order valence-electron chi connectivity index (χ2n) is 28.7. The minimum atomic E-state index is -1.12. The lowest BCUT2D eigenvalue weighted by Crippen LogP contribution is -2.14. The summed E-state index contributed by atoms with van der Waals surface area (Å²) in [6.45, 7) is 8.73. The third-order valence-corrected chi connectivity index (χ3v) is 21.8. The van der Waals surface area contributed by atoms with Crippen LogP contribution in [0.2, 0.25) is 0 Å². The number of benzene rings is 8. The summed E-state index contributed by atoms with van der Waals surface area (Å²) in [5.74, 6) is -10.9. The number of unbranched alkanes of at least 4 members (excludes halogenated alkanes) is 3. The molecule has 4 aliphatic carbocycles. The van der Waals surface area contributed by atoms with E-state index in [9.17, 15) is 70.2 Å². The van der Waals surface area contributed by atoms with Crippen molar-refractivity contribution >= 4 is 0 Å². The average molecular weight is 1430 g/mol. The molecule has 102 heavy (non-hydrogen) atoms. The van der Waals surface area contributed by atoms with Crippen LogP contribution in [0.5, 0.6) is 0 Å². The highest BCUT2D eigenvalue weighted by Crippen LogP contribution is 2.45. The number of rotatable bonds is 18. The van der Waals surface area contributed by atoms with Crippen molar-refractivity contribution in [1.82, 2.24) is 0 Å². The minimum Gasteiger partial charge on any atom is -0.206 e. The normalized spacial score (nSPS) is 20.5. The van der Waals surface area contributed by atoms with E-state index in [-0.39, 0.29) is 68.2 Å². The third-order valence-electron chi connectivity index (χ3n) is 21.8. The second kappa shape index (κ2) is 37.4. The number of halogens is 16. The Kier molecular flexibility index (Phi) is 28.9. The predicted octanol–water partition coefficient (Wildman–Crippen LogP) is 28.7. The van der Waals surface area contributed by atoms with Crippen LogP contribution in [-0.2, 0) is 0 Å². The number of hydrogen-bond acceptors (Lipinski definition) is 0. The summed E-state index contributed by atoms with van der Waals surface area (Å²) in [7, 11) is 0. The van der Waals surface area contributed by atoms with E-state index in [4.69, 9.17) is 0 Å². The second-order valence-corrected chi connectivity index (χ2v) is 28.7. The fraction of sp³-hybridized carbons (Fsp3) is 0.442. The quantitative estimate of drug-likeness (QED) is 0.0593. The molecular formula is C86H92F16. The summed E-state index contributed by atoms with van der Waals surface area (Å²) < 4.78 is 222. The van der Waals surface area contributed by atoms with Crippen LogP contribution in [0.15, 0.2) is 121 Å². The molecule has 12 rings (SSSR count). The zero-order chi connectivity index (χ0) is 73.3. The van der Waals surface area contributed by atoms with Gasteiger partial charge in [-0.05, 0) is 292 Å². The van der Waals surface area contributed by atoms with Gasteiger partial charge in [0.15, 0.2) is 46.5 Å². The van der Waals surface area contributed by atoms with E-state index in [1.807, 2.05) is 0 Å². The van der Waals surface area contributed by atoms with Gasteiger partial charge in [0.05, 0.1) is 22.3 Å². The summed E-state index contributed by atoms with van der Waals surface area (Å²) in [5, 5.41) is 0. The van der Waals surface area contributed by atoms with Crippen LogP contribution >= 0.6 is 0 Å². The minimum absolute atomic E-state index is 0.00476. The molecule has 0 amide bonds. The summed E-state index contributed by atoms with van der Waals surface area (Å²) >= 11 is 0. The molecule has 0 aromatic heterocycles. The van der Waals surface area contributed by atoms with Gasteiger partial charge in [0.25, 0.3) is 0 Å². The first-order valence-electron chi connectivity index (χ1n) is 36.7. The van der Waals surface area contributed by atoms with Gasteiger partial charge in [-0.15, -0.1) is 0 Å². The van der Waals surface area contributed by atoms with Crippen molar-refractivity contribution in [3.8, 4) is 44.5 Å². The fourth-order valence-electron chi connectivity index (χ4n) is 15.9. The Balaban J connectivity index is 0.000000158. The summed E-state index contributed by atoms with van der Waals surface area (Å²) in [5.41, 5.74) is 1.48. The summed E-state index contributed by atoms with van der Waals surface area (Å²) in [6, 6.07) is 22.4. The van der Waals surface area contributed by atoms with Crippen LogP contribution in [0.3, 0.4) is 0 Å². The number of hydrogen-bond donors (Lipinski definition) is 0. The van der Waals surface area contributed by atoms with Crippen LogP contribution in [0.1, 0.15) is 241 Å². The molecule has 0 aliphatic heterocycles. The van der Waals surface area contributed by atoms with Gasteiger partial charge in [-0.2, -0.15) is 0 Å². The maximum Gasteiger partial charge on any atom is 0.159 e. The molecule has 16 heteroatoms. The third kappa shape index (κ3) is 20.5. The Hall–Kier alpha value is -7.36. The van der Waals surface area contributed by atoms with Crippen molar-refractivity contribution in [3.63, 3.8) is 0 Å². The molecule has 4 saturated carbocycles. The Morgan fingerprint density at radius 1 is 0.216 bits per heavy atom. The molecule has 8 aromatic carbocycles. The molecule has 4 aliphatic rings. The summed E-state index contributed by atoms with van der Waals surface area (Å²) in [4.78, 5) is 0. The molecular weight excluding hydrogens is 1340 g/mol.